The van der Waals surface area contributed by atoms with Gasteiger partial charge in [0.25, 0.3) is 0 Å². The third-order valence-electron chi connectivity index (χ3n) is 6.37. The number of rotatable bonds is 12. The molecule has 0 saturated carbocycles. The number of nitrogens with one attached hydrogen (secondary N) is 3. The summed E-state index contributed by atoms with van der Waals surface area (Å²) < 4.78 is 67.7. The molecule has 1 fully saturated rings. The second-order valence-corrected chi connectivity index (χ2v) is 9.69. The lowest BCUT2D eigenvalue weighted by Crippen LogP contribution is -2.53. The van der Waals surface area contributed by atoms with Gasteiger partial charge >= 0.3 is 18.0 Å². The van der Waals surface area contributed by atoms with E-state index in [4.69, 9.17) is 16.3 Å². The van der Waals surface area contributed by atoms with Crippen LogP contribution >= 0.6 is 11.6 Å². The number of esters is 1. The molecule has 41 heavy (non-hydrogen) atoms. The Morgan fingerprint density at radius 1 is 1.07 bits per heavy atom. The molecule has 0 spiro atoms. The minimum atomic E-state index is -3.83. The average molecular weight is 602 g/mol. The normalized spacial score (nSPS) is 17.2. The topological polar surface area (TPSA) is 123 Å². The smallest absolute Gasteiger partial charge is 0.408 e. The Morgan fingerprint density at radius 2 is 1.78 bits per heavy atom. The monoisotopic (exact) mass is 601 g/mol. The van der Waals surface area contributed by atoms with Gasteiger partial charge in [0.05, 0.1) is 7.11 Å². The van der Waals surface area contributed by atoms with Crippen molar-refractivity contribution in [2.45, 2.75) is 49.8 Å². The number of hydrogen-bond acceptors (Lipinski definition) is 6. The number of methoxy groups -OCH3 is 1. The molecule has 0 aromatic heterocycles. The molecule has 3 N–H and O–H groups in total. The number of carbonyl (C=O) groups excluding carboxylic acids is 4. The fourth-order valence-corrected chi connectivity index (χ4v) is 4.49. The maximum atomic E-state index is 15.6. The highest BCUT2D eigenvalue weighted by Crippen LogP contribution is 2.43. The van der Waals surface area contributed by atoms with Crippen molar-refractivity contribution in [2.75, 3.05) is 13.7 Å². The lowest BCUT2D eigenvalue weighted by molar-refractivity contribution is -0.146. The van der Waals surface area contributed by atoms with E-state index < -0.39 is 66.4 Å². The molecule has 2 aromatic rings. The Labute approximate surface area is 237 Å². The van der Waals surface area contributed by atoms with Crippen LogP contribution in [0.5, 0.6) is 0 Å². The first-order valence-electron chi connectivity index (χ1n) is 12.5. The van der Waals surface area contributed by atoms with E-state index in [0.29, 0.717) is 13.0 Å². The number of amides is 3. The van der Waals surface area contributed by atoms with Crippen LogP contribution in [0.1, 0.15) is 36.5 Å². The Morgan fingerprint density at radius 3 is 2.37 bits per heavy atom. The van der Waals surface area contributed by atoms with Crippen LogP contribution in [-0.2, 0) is 29.8 Å². The highest BCUT2D eigenvalue weighted by molar-refractivity contribution is 6.30. The number of benzene rings is 2. The van der Waals surface area contributed by atoms with Crippen LogP contribution in [-0.4, -0.2) is 56.0 Å². The minimum Gasteiger partial charge on any atom is -0.467 e. The molecular weight excluding hydrogens is 574 g/mol. The van der Waals surface area contributed by atoms with E-state index in [0.717, 1.165) is 19.2 Å². The first kappa shape index (κ1) is 31.7. The van der Waals surface area contributed by atoms with Gasteiger partial charge in [-0.15, -0.1) is 0 Å². The zero-order valence-electron chi connectivity index (χ0n) is 21.8. The predicted molar refractivity (Wildman–Crippen MR) is 138 cm³/mol. The third kappa shape index (κ3) is 8.56. The van der Waals surface area contributed by atoms with Gasteiger partial charge in [-0.2, -0.15) is 8.78 Å². The first-order valence-corrected chi connectivity index (χ1v) is 12.9. The van der Waals surface area contributed by atoms with E-state index in [1.54, 1.807) is 6.07 Å². The second-order valence-electron chi connectivity index (χ2n) is 9.25. The van der Waals surface area contributed by atoms with Gasteiger partial charge in [0.1, 0.15) is 12.1 Å². The van der Waals surface area contributed by atoms with E-state index in [2.05, 4.69) is 15.4 Å². The Hall–Kier alpha value is -3.87. The van der Waals surface area contributed by atoms with E-state index in [9.17, 15) is 28.0 Å². The van der Waals surface area contributed by atoms with Gasteiger partial charge in [-0.1, -0.05) is 54.1 Å². The van der Waals surface area contributed by atoms with Crippen molar-refractivity contribution >= 4 is 35.5 Å². The second kappa shape index (κ2) is 14.2. The van der Waals surface area contributed by atoms with E-state index in [1.165, 1.54) is 36.4 Å². The number of alkyl halides is 4. The maximum absolute atomic E-state index is 15.6. The van der Waals surface area contributed by atoms with Gasteiger partial charge in [0.15, 0.2) is 6.10 Å². The highest BCUT2D eigenvalue weighted by Gasteiger charge is 2.46. The number of carbonyl (C=O) groups is 4. The minimum absolute atomic E-state index is 0.00218. The van der Waals surface area contributed by atoms with Crippen molar-refractivity contribution in [3.8, 4) is 0 Å². The van der Waals surface area contributed by atoms with Crippen molar-refractivity contribution in [3.05, 3.63) is 70.7 Å². The molecule has 14 heteroatoms. The van der Waals surface area contributed by atoms with Gasteiger partial charge in [-0.05, 0) is 30.5 Å². The molecule has 1 heterocycles. The van der Waals surface area contributed by atoms with Gasteiger partial charge in [0.2, 0.25) is 18.2 Å². The number of alkyl carbamates (subject to hydrolysis) is 1. The van der Waals surface area contributed by atoms with Crippen LogP contribution < -0.4 is 16.0 Å². The summed E-state index contributed by atoms with van der Waals surface area (Å²) >= 11 is 5.87. The third-order valence-corrected chi connectivity index (χ3v) is 6.61. The van der Waals surface area contributed by atoms with Crippen LogP contribution in [0.25, 0.3) is 0 Å². The number of hydrogen-bond donors (Lipinski definition) is 3. The van der Waals surface area contributed by atoms with Gasteiger partial charge in [-0.25, -0.2) is 18.4 Å². The molecule has 1 aliphatic rings. The van der Waals surface area contributed by atoms with Crippen LogP contribution in [0.3, 0.4) is 0 Å². The number of ether oxygens (including phenoxy) is 2. The summed E-state index contributed by atoms with van der Waals surface area (Å²) in [5, 5.41) is 6.69. The Balaban J connectivity index is 1.81. The van der Waals surface area contributed by atoms with Gasteiger partial charge in [-0.3, -0.25) is 9.59 Å². The zero-order chi connectivity index (χ0) is 30.2. The molecule has 0 aliphatic carbocycles. The molecule has 1 aliphatic heterocycles. The standard InChI is InChI=1S/C27H28ClF4N3O6/c1-40-25(38)20(12-16-10-11-33-23(16)36)34-24(37)19(14-21(29)30)35-26(39)41-22(15-6-3-2-4-7-15)27(31,32)17-8-5-9-18(28)13-17/h2-9,13,16,19-22H,10-12,14H2,1H3,(H,33,36)(H,34,37)(H,35,39)/t16-,19-,20-,22?/m0/s1. The molecule has 3 rings (SSSR count). The summed E-state index contributed by atoms with van der Waals surface area (Å²) in [5.74, 6) is -7.00. The largest absolute Gasteiger partial charge is 0.467 e. The Bertz CT molecular complexity index is 1240. The molecule has 222 valence electrons. The summed E-state index contributed by atoms with van der Waals surface area (Å²) in [6.07, 6.45) is -7.97. The molecule has 0 radical (unpaired) electrons. The van der Waals surface area contributed by atoms with Crippen molar-refractivity contribution in [1.29, 1.82) is 0 Å². The lowest BCUT2D eigenvalue weighted by atomic mass is 9.97. The molecule has 1 saturated heterocycles. The molecule has 9 nitrogen and oxygen atoms in total. The molecular formula is C27H28ClF4N3O6. The van der Waals surface area contributed by atoms with Gasteiger partial charge < -0.3 is 25.4 Å². The molecule has 2 aromatic carbocycles. The van der Waals surface area contributed by atoms with Crippen molar-refractivity contribution in [1.82, 2.24) is 16.0 Å². The quantitative estimate of drug-likeness (QED) is 0.249. The number of halogens is 5. The van der Waals surface area contributed by atoms with Crippen LogP contribution in [0.4, 0.5) is 22.4 Å². The Kier molecular flexibility index (Phi) is 10.9. The van der Waals surface area contributed by atoms with E-state index in [1.807, 2.05) is 5.32 Å². The summed E-state index contributed by atoms with van der Waals surface area (Å²) in [4.78, 5) is 49.9. The summed E-state index contributed by atoms with van der Waals surface area (Å²) in [7, 11) is 1.03. The summed E-state index contributed by atoms with van der Waals surface area (Å²) in [6.45, 7) is 0.356. The highest BCUT2D eigenvalue weighted by atomic mass is 35.5. The molecule has 1 unspecified atom stereocenters. The first-order chi connectivity index (χ1) is 19.4. The van der Waals surface area contributed by atoms with Crippen LogP contribution in [0, 0.1) is 5.92 Å². The average Bonchev–Trinajstić information content (AvgIpc) is 3.34. The maximum Gasteiger partial charge on any atom is 0.408 e. The van der Waals surface area contributed by atoms with Crippen molar-refractivity contribution in [2.24, 2.45) is 5.92 Å². The fourth-order valence-electron chi connectivity index (χ4n) is 4.30. The molecule has 3 amide bonds. The van der Waals surface area contributed by atoms with E-state index >= 15 is 8.78 Å². The van der Waals surface area contributed by atoms with Crippen LogP contribution in [0.2, 0.25) is 5.02 Å². The molecule has 0 bridgehead atoms. The molecule has 4 atom stereocenters. The zero-order valence-corrected chi connectivity index (χ0v) is 22.5. The SMILES string of the molecule is COC(=O)[C@H](C[C@@H]1CCNC1=O)NC(=O)[C@H](CC(F)F)NC(=O)OC(c1ccccc1)C(F)(F)c1cccc(Cl)c1. The van der Waals surface area contributed by atoms with E-state index in [-0.39, 0.29) is 22.9 Å². The lowest BCUT2D eigenvalue weighted by Gasteiger charge is -2.29. The predicted octanol–water partition coefficient (Wildman–Crippen LogP) is 4.11. The van der Waals surface area contributed by atoms with Crippen molar-refractivity contribution in [3.63, 3.8) is 0 Å². The van der Waals surface area contributed by atoms with Crippen molar-refractivity contribution < 1.29 is 46.2 Å². The van der Waals surface area contributed by atoms with Gasteiger partial charge in [0, 0.05) is 29.5 Å². The van der Waals surface area contributed by atoms with Crippen LogP contribution in [0.15, 0.2) is 54.6 Å². The summed E-state index contributed by atoms with van der Waals surface area (Å²) in [6, 6.07) is 8.31. The fraction of sp³-hybridized carbons (Fsp3) is 0.407. The summed E-state index contributed by atoms with van der Waals surface area (Å²) in [5.41, 5.74) is -0.700.